The van der Waals surface area contributed by atoms with E-state index in [0.717, 1.165) is 0 Å². The van der Waals surface area contributed by atoms with E-state index in [1.165, 1.54) is 0 Å². The van der Waals surface area contributed by atoms with Gasteiger partial charge in [-0.2, -0.15) is 79.0 Å². The largest absolute Gasteiger partial charge is 0.507 e. The Morgan fingerprint density at radius 1 is 0.298 bits per heavy atom. The molecule has 0 saturated heterocycles. The third-order valence-electron chi connectivity index (χ3n) is 6.84. The smallest absolute Gasteiger partial charge is 0.498 e. The van der Waals surface area contributed by atoms with Gasteiger partial charge in [0.05, 0.1) is 0 Å². The lowest BCUT2D eigenvalue weighted by atomic mass is 9.96. The maximum Gasteiger partial charge on any atom is 0.498 e. The van der Waals surface area contributed by atoms with Crippen LogP contribution in [-0.2, 0) is 78.3 Å². The average molecular weight is 1000 g/mol. The van der Waals surface area contributed by atoms with Crippen molar-refractivity contribution in [2.75, 3.05) is 0 Å². The van der Waals surface area contributed by atoms with Crippen molar-refractivity contribution in [1.29, 1.82) is 0 Å². The Bertz CT molecular complexity index is 2000. The van der Waals surface area contributed by atoms with Crippen LogP contribution >= 0.6 is 0 Å². The summed E-state index contributed by atoms with van der Waals surface area (Å²) in [6, 6.07) is 0. The molecule has 1 aromatic rings. The number of hydrogen-bond donors (Lipinski definition) is 3. The third kappa shape index (κ3) is 9.13. The summed E-state index contributed by atoms with van der Waals surface area (Å²) in [5.74, 6) is -9.58. The van der Waals surface area contributed by atoms with Crippen molar-refractivity contribution in [1.82, 2.24) is 0 Å². The second kappa shape index (κ2) is 14.7. The van der Waals surface area contributed by atoms with Gasteiger partial charge < -0.3 is 15.3 Å². The van der Waals surface area contributed by atoms with Crippen LogP contribution < -0.4 is 0 Å². The second-order valence-electron chi connectivity index (χ2n) is 10.3. The molecule has 0 aliphatic heterocycles. The SMILES string of the molecule is O=S(=O)(C(Cc1c(O)c(CC(S(=O)(=O)C(F)(F)F)S(=O)(=O)C(F)(F)F)c(O)c(CC(S(=O)(=O)C(F)(F)F)S(=O)(=O)C(F)(F)F)c1O)S(=O)(=O)C(F)(F)F)C(F)(F)F. The Labute approximate surface area is 303 Å². The Morgan fingerprint density at radius 3 is 0.491 bits per heavy atom. The second-order valence-corrected chi connectivity index (χ2v) is 24.0. The van der Waals surface area contributed by atoms with Gasteiger partial charge in [0.25, 0.3) is 59.0 Å². The quantitative estimate of drug-likeness (QED) is 0.254. The minimum Gasteiger partial charge on any atom is -0.507 e. The van der Waals surface area contributed by atoms with Gasteiger partial charge in [-0.15, -0.1) is 0 Å². The molecule has 0 unspecified atom stereocenters. The van der Waals surface area contributed by atoms with Crippen molar-refractivity contribution < 1.29 is 145 Å². The molecule has 0 aliphatic carbocycles. The minimum absolute atomic E-state index is 3.07. The first-order valence-corrected chi connectivity index (χ1v) is 21.8. The van der Waals surface area contributed by atoms with Crippen LogP contribution in [0.5, 0.6) is 17.2 Å². The molecule has 1 rings (SSSR count). The van der Waals surface area contributed by atoms with Crippen LogP contribution in [0.25, 0.3) is 0 Å². The first kappa shape index (κ1) is 52.1. The van der Waals surface area contributed by atoms with Gasteiger partial charge in [0.15, 0.2) is 13.7 Å². The van der Waals surface area contributed by atoms with Crippen LogP contribution in [0, 0.1) is 0 Å². The van der Waals surface area contributed by atoms with E-state index in [1.54, 1.807) is 0 Å². The van der Waals surface area contributed by atoms with Gasteiger partial charge in [0, 0.05) is 36.0 Å². The molecular formula is C18H12F18O15S6. The highest BCUT2D eigenvalue weighted by Crippen LogP contribution is 2.50. The molecule has 3 N–H and O–H groups in total. The summed E-state index contributed by atoms with van der Waals surface area (Å²) in [6.07, 6.45) is -10.8. The molecule has 0 radical (unpaired) electrons. The first-order valence-electron chi connectivity index (χ1n) is 12.5. The van der Waals surface area contributed by atoms with Crippen LogP contribution in [-0.4, -0.2) is 113 Å². The number of aromatic hydroxyl groups is 3. The fourth-order valence-corrected chi connectivity index (χ4v) is 14.1. The number of benzene rings is 1. The predicted molar refractivity (Wildman–Crippen MR) is 144 cm³/mol. The molecule has 0 fully saturated rings. The Balaban J connectivity index is 4.94. The first-order chi connectivity index (χ1) is 24.4. The van der Waals surface area contributed by atoms with Crippen LogP contribution in [0.3, 0.4) is 0 Å². The van der Waals surface area contributed by atoms with Gasteiger partial charge in [0.1, 0.15) is 17.2 Å². The molecule has 0 amide bonds. The normalized spacial score (nSPS) is 15.5. The maximum absolute atomic E-state index is 13.4. The van der Waals surface area contributed by atoms with Gasteiger partial charge in [-0.05, 0) is 0 Å². The summed E-state index contributed by atoms with van der Waals surface area (Å²) in [7, 11) is -48.8. The van der Waals surface area contributed by atoms with Crippen molar-refractivity contribution in [2.45, 2.75) is 66.1 Å². The average Bonchev–Trinajstić information content (AvgIpc) is 2.92. The highest BCUT2D eigenvalue weighted by atomic mass is 32.3. The molecule has 0 aromatic heterocycles. The Morgan fingerprint density at radius 2 is 0.404 bits per heavy atom. The zero-order valence-corrected chi connectivity index (χ0v) is 30.2. The van der Waals surface area contributed by atoms with Crippen molar-refractivity contribution in [3.8, 4) is 17.2 Å². The fourth-order valence-electron chi connectivity index (χ4n) is 4.02. The van der Waals surface area contributed by atoms with E-state index in [2.05, 4.69) is 0 Å². The monoisotopic (exact) mass is 1000 g/mol. The van der Waals surface area contributed by atoms with E-state index < -0.39 is 159 Å². The van der Waals surface area contributed by atoms with Gasteiger partial charge >= 0.3 is 33.0 Å². The molecule has 0 saturated carbocycles. The van der Waals surface area contributed by atoms with Gasteiger partial charge in [-0.3, -0.25) is 0 Å². The number of alkyl halides is 18. The van der Waals surface area contributed by atoms with E-state index in [1.807, 2.05) is 0 Å². The molecule has 1 aromatic carbocycles. The summed E-state index contributed by atoms with van der Waals surface area (Å²) in [4.78, 5) is 0. The van der Waals surface area contributed by atoms with Crippen LogP contribution in [0.15, 0.2) is 0 Å². The summed E-state index contributed by atoms with van der Waals surface area (Å²) >= 11 is 0. The van der Waals surface area contributed by atoms with Gasteiger partial charge in [-0.25, -0.2) is 50.5 Å². The zero-order valence-electron chi connectivity index (χ0n) is 25.3. The zero-order chi connectivity index (χ0) is 46.3. The fraction of sp³-hybridized carbons (Fsp3) is 0.667. The number of hydrogen-bond acceptors (Lipinski definition) is 15. The predicted octanol–water partition coefficient (Wildman–Crippen LogP) is 3.02. The van der Waals surface area contributed by atoms with Gasteiger partial charge in [0.2, 0.25) is 0 Å². The van der Waals surface area contributed by atoms with Crippen LogP contribution in [0.1, 0.15) is 16.7 Å². The maximum atomic E-state index is 13.4. The Hall–Kier alpha value is -2.94. The van der Waals surface area contributed by atoms with Crippen molar-refractivity contribution in [3.63, 3.8) is 0 Å². The van der Waals surface area contributed by atoms with Gasteiger partial charge in [-0.1, -0.05) is 0 Å². The van der Waals surface area contributed by atoms with E-state index in [0.29, 0.717) is 0 Å². The number of sulfone groups is 6. The molecule has 0 bridgehead atoms. The highest BCUT2D eigenvalue weighted by molar-refractivity contribution is 8.10. The topological polar surface area (TPSA) is 266 Å². The minimum atomic E-state index is -8.13. The lowest BCUT2D eigenvalue weighted by Gasteiger charge is -2.27. The molecule has 57 heavy (non-hydrogen) atoms. The van der Waals surface area contributed by atoms with Crippen molar-refractivity contribution in [2.24, 2.45) is 0 Å². The van der Waals surface area contributed by atoms with Crippen molar-refractivity contribution in [3.05, 3.63) is 16.7 Å². The Kier molecular flexibility index (Phi) is 13.4. The van der Waals surface area contributed by atoms with Crippen LogP contribution in [0.2, 0.25) is 0 Å². The summed E-state index contributed by atoms with van der Waals surface area (Å²) in [5.41, 5.74) is -52.9. The van der Waals surface area contributed by atoms with E-state index >= 15 is 0 Å². The molecular weight excluding hydrogens is 991 g/mol. The molecule has 15 nitrogen and oxygen atoms in total. The number of halogens is 18. The number of rotatable bonds is 12. The van der Waals surface area contributed by atoms with E-state index in [4.69, 9.17) is 0 Å². The molecule has 0 heterocycles. The van der Waals surface area contributed by atoms with Crippen LogP contribution in [0.4, 0.5) is 79.0 Å². The molecule has 0 atom stereocenters. The van der Waals surface area contributed by atoms with E-state index in [9.17, 15) is 145 Å². The van der Waals surface area contributed by atoms with E-state index in [-0.39, 0.29) is 0 Å². The molecule has 39 heteroatoms. The molecule has 336 valence electrons. The van der Waals surface area contributed by atoms with Crippen molar-refractivity contribution >= 4 is 59.0 Å². The third-order valence-corrected chi connectivity index (χ3v) is 20.4. The molecule has 0 aliphatic rings. The lowest BCUT2D eigenvalue weighted by molar-refractivity contribution is -0.0483. The molecule has 0 spiro atoms. The highest BCUT2D eigenvalue weighted by Gasteiger charge is 2.66. The lowest BCUT2D eigenvalue weighted by Crippen LogP contribution is -2.47. The summed E-state index contributed by atoms with van der Waals surface area (Å²) in [5, 5.41) is 31.3. The summed E-state index contributed by atoms with van der Waals surface area (Å²) < 4.78 is 368. The standard InChI is InChI=1S/C18H12F18O15S6/c19-13(20,21)52(40,41)7(53(42,43)14(22,23)24)1-4-10(37)5(2-8(54(44,45)15(25,26)27)55(46,47)16(28,29)30)12(39)6(11(4)38)3-9(56(48,49)17(31,32)33)57(50,51)18(34,35)36/h7-9,37-39H,1-3H2. The number of phenols is 3. The number of phenolic OH excluding ortho intramolecular Hbond substituents is 3. The summed E-state index contributed by atoms with van der Waals surface area (Å²) in [6.45, 7) is 0.